The normalized spacial score (nSPS) is 18.6. The summed E-state index contributed by atoms with van der Waals surface area (Å²) in [6, 6.07) is 10.9. The molecule has 6 nitrogen and oxygen atoms in total. The predicted octanol–water partition coefficient (Wildman–Crippen LogP) is 2.94. The van der Waals surface area contributed by atoms with E-state index in [-0.39, 0.29) is 5.92 Å². The minimum atomic E-state index is -3.47. The Labute approximate surface area is 153 Å². The van der Waals surface area contributed by atoms with Crippen molar-refractivity contribution in [3.8, 4) is 0 Å². The van der Waals surface area contributed by atoms with E-state index in [1.807, 2.05) is 25.1 Å². The zero-order valence-corrected chi connectivity index (χ0v) is 15.8. The topological polar surface area (TPSA) is 68.1 Å². The van der Waals surface area contributed by atoms with Gasteiger partial charge in [0.1, 0.15) is 11.3 Å². The summed E-state index contributed by atoms with van der Waals surface area (Å²) in [5.74, 6) is 1.02. The molecule has 136 valence electrons. The minimum Gasteiger partial charge on any atom is -0.313 e. The van der Waals surface area contributed by atoms with Crippen LogP contribution in [-0.4, -0.2) is 40.3 Å². The number of aromatic nitrogens is 3. The van der Waals surface area contributed by atoms with Crippen LogP contribution in [0.25, 0.3) is 11.2 Å². The fourth-order valence-electron chi connectivity index (χ4n) is 3.68. The van der Waals surface area contributed by atoms with Crippen molar-refractivity contribution in [3.05, 3.63) is 54.0 Å². The Hall–Kier alpha value is -2.25. The largest absolute Gasteiger partial charge is 0.313 e. The number of aryl methyl sites for hydroxylation is 2. The van der Waals surface area contributed by atoms with Crippen LogP contribution < -0.4 is 0 Å². The molecule has 1 atom stereocenters. The van der Waals surface area contributed by atoms with Crippen molar-refractivity contribution in [3.63, 3.8) is 0 Å². The van der Waals surface area contributed by atoms with Crippen LogP contribution in [0, 0.1) is 6.92 Å². The maximum absolute atomic E-state index is 13.0. The molecule has 3 aromatic rings. The van der Waals surface area contributed by atoms with E-state index in [1.165, 1.54) is 0 Å². The van der Waals surface area contributed by atoms with Crippen molar-refractivity contribution in [2.45, 2.75) is 37.6 Å². The van der Waals surface area contributed by atoms with E-state index >= 15 is 0 Å². The summed E-state index contributed by atoms with van der Waals surface area (Å²) in [7, 11) is -3.47. The summed E-state index contributed by atoms with van der Waals surface area (Å²) in [6.07, 6.45) is 2.54. The average molecular weight is 370 g/mol. The molecule has 1 saturated heterocycles. The first-order chi connectivity index (χ1) is 12.5. The zero-order chi connectivity index (χ0) is 18.3. The fraction of sp³-hybridized carbons (Fsp3) is 0.368. The van der Waals surface area contributed by atoms with E-state index in [4.69, 9.17) is 4.98 Å². The molecular weight excluding hydrogens is 348 g/mol. The van der Waals surface area contributed by atoms with Crippen LogP contribution in [-0.2, 0) is 16.6 Å². The lowest BCUT2D eigenvalue weighted by molar-refractivity contribution is 0.469. The standard InChI is InChI=1S/C19H22N4O2S/c1-3-23-18(21-17-8-5-10-20-19(17)23)15-9-11-22(13-15)26(24,25)16-7-4-6-14(2)12-16/h4-8,10,12,15H,3,9,11,13H2,1-2H3/t15-/m1/s1. The molecule has 26 heavy (non-hydrogen) atoms. The SMILES string of the molecule is CCn1c([C@@H]2CCN(S(=O)(=O)c3cccc(C)c3)C2)nc2cccnc21. The third kappa shape index (κ3) is 2.81. The monoisotopic (exact) mass is 370 g/mol. The average Bonchev–Trinajstić information content (AvgIpc) is 3.26. The number of fused-ring (bicyclic) bond motifs is 1. The van der Waals surface area contributed by atoms with E-state index in [1.54, 1.807) is 28.7 Å². The summed E-state index contributed by atoms with van der Waals surface area (Å²) < 4.78 is 29.6. The summed E-state index contributed by atoms with van der Waals surface area (Å²) in [5, 5.41) is 0. The Morgan fingerprint density at radius 2 is 2.08 bits per heavy atom. The smallest absolute Gasteiger partial charge is 0.243 e. The van der Waals surface area contributed by atoms with Crippen LogP contribution in [0.15, 0.2) is 47.5 Å². The summed E-state index contributed by atoms with van der Waals surface area (Å²) >= 11 is 0. The van der Waals surface area contributed by atoms with Gasteiger partial charge in [0.05, 0.1) is 4.90 Å². The molecule has 0 aliphatic carbocycles. The van der Waals surface area contributed by atoms with Gasteiger partial charge in [-0.15, -0.1) is 0 Å². The molecule has 1 aromatic carbocycles. The Bertz CT molecular complexity index is 1060. The molecule has 0 N–H and O–H groups in total. The van der Waals surface area contributed by atoms with Gasteiger partial charge in [0.15, 0.2) is 5.65 Å². The molecule has 1 aliphatic rings. The lowest BCUT2D eigenvalue weighted by atomic mass is 10.1. The van der Waals surface area contributed by atoms with Gasteiger partial charge in [-0.25, -0.2) is 18.4 Å². The number of hydrogen-bond donors (Lipinski definition) is 0. The second kappa shape index (κ2) is 6.48. The van der Waals surface area contributed by atoms with Crippen LogP contribution in [0.1, 0.15) is 30.7 Å². The van der Waals surface area contributed by atoms with Crippen molar-refractivity contribution in [1.82, 2.24) is 18.8 Å². The third-order valence-electron chi connectivity index (χ3n) is 4.99. The van der Waals surface area contributed by atoms with E-state index < -0.39 is 10.0 Å². The Kier molecular flexibility index (Phi) is 4.28. The molecule has 7 heteroatoms. The van der Waals surface area contributed by atoms with E-state index in [2.05, 4.69) is 16.5 Å². The van der Waals surface area contributed by atoms with Gasteiger partial charge in [0, 0.05) is 31.7 Å². The molecule has 0 saturated carbocycles. The van der Waals surface area contributed by atoms with Gasteiger partial charge in [0.2, 0.25) is 10.0 Å². The summed E-state index contributed by atoms with van der Waals surface area (Å²) in [5.41, 5.74) is 2.68. The number of benzene rings is 1. The Balaban J connectivity index is 1.65. The first kappa shape index (κ1) is 17.2. The zero-order valence-electron chi connectivity index (χ0n) is 15.0. The first-order valence-electron chi connectivity index (χ1n) is 8.88. The van der Waals surface area contributed by atoms with Crippen molar-refractivity contribution < 1.29 is 8.42 Å². The number of imidazole rings is 1. The molecule has 1 fully saturated rings. The molecule has 4 rings (SSSR count). The molecule has 0 spiro atoms. The fourth-order valence-corrected chi connectivity index (χ4v) is 5.29. The Morgan fingerprint density at radius 1 is 1.23 bits per heavy atom. The highest BCUT2D eigenvalue weighted by molar-refractivity contribution is 7.89. The van der Waals surface area contributed by atoms with Crippen molar-refractivity contribution >= 4 is 21.2 Å². The second-order valence-electron chi connectivity index (χ2n) is 6.73. The van der Waals surface area contributed by atoms with Gasteiger partial charge in [-0.1, -0.05) is 12.1 Å². The predicted molar refractivity (Wildman–Crippen MR) is 100 cm³/mol. The van der Waals surface area contributed by atoms with Gasteiger partial charge in [-0.3, -0.25) is 0 Å². The molecule has 0 amide bonds. The van der Waals surface area contributed by atoms with Crippen molar-refractivity contribution in [2.24, 2.45) is 0 Å². The first-order valence-corrected chi connectivity index (χ1v) is 10.3. The summed E-state index contributed by atoms with van der Waals surface area (Å²) in [6.45, 7) is 5.71. The third-order valence-corrected chi connectivity index (χ3v) is 6.85. The maximum Gasteiger partial charge on any atom is 0.243 e. The van der Waals surface area contributed by atoms with Crippen LogP contribution in [0.4, 0.5) is 0 Å². The molecular formula is C19H22N4O2S. The second-order valence-corrected chi connectivity index (χ2v) is 8.66. The van der Waals surface area contributed by atoms with Crippen LogP contribution >= 0.6 is 0 Å². The van der Waals surface area contributed by atoms with Gasteiger partial charge in [-0.05, 0) is 50.1 Å². The number of nitrogens with zero attached hydrogens (tertiary/aromatic N) is 4. The van der Waals surface area contributed by atoms with Gasteiger partial charge >= 0.3 is 0 Å². The molecule has 0 unspecified atom stereocenters. The summed E-state index contributed by atoms with van der Waals surface area (Å²) in [4.78, 5) is 9.55. The highest BCUT2D eigenvalue weighted by atomic mass is 32.2. The van der Waals surface area contributed by atoms with E-state index in [0.717, 1.165) is 35.5 Å². The minimum absolute atomic E-state index is 0.0868. The molecule has 3 heterocycles. The lowest BCUT2D eigenvalue weighted by Gasteiger charge is -2.17. The van der Waals surface area contributed by atoms with Gasteiger partial charge in [0.25, 0.3) is 0 Å². The number of rotatable bonds is 4. The quantitative estimate of drug-likeness (QED) is 0.708. The van der Waals surface area contributed by atoms with Crippen molar-refractivity contribution in [2.75, 3.05) is 13.1 Å². The van der Waals surface area contributed by atoms with Gasteiger partial charge < -0.3 is 4.57 Å². The highest BCUT2D eigenvalue weighted by Crippen LogP contribution is 2.32. The highest BCUT2D eigenvalue weighted by Gasteiger charge is 2.35. The number of sulfonamides is 1. The lowest BCUT2D eigenvalue weighted by Crippen LogP contribution is -2.29. The van der Waals surface area contributed by atoms with Crippen LogP contribution in [0.5, 0.6) is 0 Å². The van der Waals surface area contributed by atoms with E-state index in [0.29, 0.717) is 18.0 Å². The number of hydrogen-bond acceptors (Lipinski definition) is 4. The van der Waals surface area contributed by atoms with E-state index in [9.17, 15) is 8.42 Å². The molecule has 0 radical (unpaired) electrons. The van der Waals surface area contributed by atoms with Crippen LogP contribution in [0.3, 0.4) is 0 Å². The van der Waals surface area contributed by atoms with Crippen molar-refractivity contribution in [1.29, 1.82) is 0 Å². The van der Waals surface area contributed by atoms with Crippen LogP contribution in [0.2, 0.25) is 0 Å². The molecule has 0 bridgehead atoms. The Morgan fingerprint density at radius 3 is 2.85 bits per heavy atom. The molecule has 1 aliphatic heterocycles. The molecule has 2 aromatic heterocycles. The number of pyridine rings is 1. The van der Waals surface area contributed by atoms with Gasteiger partial charge in [-0.2, -0.15) is 4.31 Å². The maximum atomic E-state index is 13.0.